The van der Waals surface area contributed by atoms with Crippen LogP contribution in [0.1, 0.15) is 36.0 Å². The lowest BCUT2D eigenvalue weighted by Crippen LogP contribution is -2.07. The maximum atomic E-state index is 10.4. The molecule has 2 rings (SSSR count). The summed E-state index contributed by atoms with van der Waals surface area (Å²) in [6.07, 6.45) is 2.75. The van der Waals surface area contributed by atoms with Crippen molar-refractivity contribution in [2.24, 2.45) is 0 Å². The molecule has 0 saturated carbocycles. The molecule has 0 saturated heterocycles. The van der Waals surface area contributed by atoms with Crippen LogP contribution in [-0.4, -0.2) is 16.2 Å². The molecule has 0 bridgehead atoms. The van der Waals surface area contributed by atoms with Gasteiger partial charge in [-0.3, -0.25) is 4.98 Å². The number of nitrogens with zero attached hydrogens (tertiary/aromatic N) is 1. The number of hydrogen-bond donors (Lipinski definition) is 1. The second-order valence-electron chi connectivity index (χ2n) is 4.63. The van der Waals surface area contributed by atoms with E-state index in [-0.39, 0.29) is 6.10 Å². The summed E-state index contributed by atoms with van der Waals surface area (Å²) in [6, 6.07) is 3.82. The van der Waals surface area contributed by atoms with Gasteiger partial charge < -0.3 is 9.84 Å². The van der Waals surface area contributed by atoms with Crippen molar-refractivity contribution in [3.8, 4) is 5.75 Å². The summed E-state index contributed by atoms with van der Waals surface area (Å²) in [5.74, 6) is 0.680. The summed E-state index contributed by atoms with van der Waals surface area (Å²) >= 11 is 5.01. The number of aromatic nitrogens is 1. The van der Waals surface area contributed by atoms with Crippen LogP contribution in [0.5, 0.6) is 5.75 Å². The predicted octanol–water partition coefficient (Wildman–Crippen LogP) is 4.08. The second kappa shape index (κ2) is 6.03. The van der Waals surface area contributed by atoms with E-state index in [0.717, 1.165) is 19.8 Å². The van der Waals surface area contributed by atoms with Gasteiger partial charge in [-0.15, -0.1) is 11.3 Å². The van der Waals surface area contributed by atoms with Gasteiger partial charge in [0.1, 0.15) is 11.9 Å². The van der Waals surface area contributed by atoms with Crippen LogP contribution in [0.25, 0.3) is 0 Å². The summed E-state index contributed by atoms with van der Waals surface area (Å²) in [5.41, 5.74) is 1.87. The van der Waals surface area contributed by atoms with E-state index in [1.54, 1.807) is 12.4 Å². The summed E-state index contributed by atoms with van der Waals surface area (Å²) in [4.78, 5) is 5.02. The number of pyridine rings is 1. The van der Waals surface area contributed by atoms with Crippen LogP contribution < -0.4 is 4.74 Å². The summed E-state index contributed by atoms with van der Waals surface area (Å²) in [6.45, 7) is 5.93. The van der Waals surface area contributed by atoms with E-state index in [9.17, 15) is 5.11 Å². The quantitative estimate of drug-likeness (QED) is 0.910. The van der Waals surface area contributed by atoms with Crippen molar-refractivity contribution in [1.82, 2.24) is 4.98 Å². The van der Waals surface area contributed by atoms with E-state index in [0.29, 0.717) is 5.75 Å². The Kier molecular flexibility index (Phi) is 4.60. The number of aliphatic hydroxyl groups is 1. The number of ether oxygens (including phenoxy) is 1. The Hall–Kier alpha value is -0.910. The molecule has 19 heavy (non-hydrogen) atoms. The van der Waals surface area contributed by atoms with Crippen LogP contribution in [0.3, 0.4) is 0 Å². The van der Waals surface area contributed by atoms with E-state index < -0.39 is 6.10 Å². The van der Waals surface area contributed by atoms with Crippen molar-refractivity contribution >= 4 is 27.3 Å². The van der Waals surface area contributed by atoms with E-state index in [2.05, 4.69) is 20.9 Å². The van der Waals surface area contributed by atoms with E-state index in [1.165, 1.54) is 11.3 Å². The van der Waals surface area contributed by atoms with Crippen molar-refractivity contribution in [3.63, 3.8) is 0 Å². The Morgan fingerprint density at radius 2 is 2.05 bits per heavy atom. The molecule has 0 aliphatic rings. The van der Waals surface area contributed by atoms with Crippen LogP contribution in [-0.2, 0) is 0 Å². The number of thiophene rings is 1. The van der Waals surface area contributed by atoms with Gasteiger partial charge in [0.2, 0.25) is 0 Å². The highest BCUT2D eigenvalue weighted by molar-refractivity contribution is 9.11. The maximum absolute atomic E-state index is 10.4. The highest BCUT2D eigenvalue weighted by Crippen LogP contribution is 2.34. The minimum absolute atomic E-state index is 0.0901. The normalized spacial score (nSPS) is 12.7. The van der Waals surface area contributed by atoms with E-state index >= 15 is 0 Å². The van der Waals surface area contributed by atoms with E-state index in [4.69, 9.17) is 4.74 Å². The Morgan fingerprint density at radius 3 is 2.63 bits per heavy atom. The van der Waals surface area contributed by atoms with Gasteiger partial charge in [-0.25, -0.2) is 0 Å². The molecule has 0 aromatic carbocycles. The lowest BCUT2D eigenvalue weighted by atomic mass is 10.1. The van der Waals surface area contributed by atoms with Crippen molar-refractivity contribution in [1.29, 1.82) is 0 Å². The summed E-state index contributed by atoms with van der Waals surface area (Å²) < 4.78 is 6.64. The van der Waals surface area contributed by atoms with Crippen LogP contribution in [0, 0.1) is 6.92 Å². The van der Waals surface area contributed by atoms with Gasteiger partial charge >= 0.3 is 0 Å². The minimum Gasteiger partial charge on any atom is -0.489 e. The zero-order valence-electron chi connectivity index (χ0n) is 11.1. The van der Waals surface area contributed by atoms with Crippen LogP contribution in [0.15, 0.2) is 28.3 Å². The Balaban J connectivity index is 2.25. The average Bonchev–Trinajstić information content (AvgIpc) is 2.68. The summed E-state index contributed by atoms with van der Waals surface area (Å²) in [7, 11) is 0. The molecule has 2 aromatic rings. The zero-order chi connectivity index (χ0) is 14.0. The fraction of sp³-hybridized carbons (Fsp3) is 0.357. The topological polar surface area (TPSA) is 42.4 Å². The monoisotopic (exact) mass is 341 g/mol. The SMILES string of the molecule is Cc1cc(C(O)c2cncc(OC(C)C)c2)sc1Br. The molecule has 2 heterocycles. The Bertz CT molecular complexity index is 549. The molecule has 0 aliphatic heterocycles. The molecule has 0 radical (unpaired) electrons. The molecule has 1 N–H and O–H groups in total. The number of rotatable bonds is 4. The Morgan fingerprint density at radius 1 is 1.32 bits per heavy atom. The van der Waals surface area contributed by atoms with Gasteiger partial charge in [0.05, 0.1) is 16.1 Å². The fourth-order valence-corrected chi connectivity index (χ4v) is 3.29. The van der Waals surface area contributed by atoms with Gasteiger partial charge in [0, 0.05) is 16.6 Å². The molecule has 3 nitrogen and oxygen atoms in total. The first-order chi connectivity index (χ1) is 8.97. The highest BCUT2D eigenvalue weighted by Gasteiger charge is 2.15. The van der Waals surface area contributed by atoms with Crippen LogP contribution in [0.4, 0.5) is 0 Å². The first kappa shape index (κ1) is 14.5. The Labute approximate surface area is 125 Å². The third kappa shape index (κ3) is 3.55. The number of aryl methyl sites for hydroxylation is 1. The van der Waals surface area contributed by atoms with Crippen LogP contribution >= 0.6 is 27.3 Å². The molecule has 0 amide bonds. The molecule has 0 fully saturated rings. The molecule has 5 heteroatoms. The first-order valence-corrected chi connectivity index (χ1v) is 7.64. The molecular weight excluding hydrogens is 326 g/mol. The molecule has 1 atom stereocenters. The third-order valence-corrected chi connectivity index (χ3v) is 4.76. The lowest BCUT2D eigenvalue weighted by Gasteiger charge is -2.12. The second-order valence-corrected chi connectivity index (χ2v) is 7.03. The first-order valence-electron chi connectivity index (χ1n) is 6.03. The van der Waals surface area contributed by atoms with Crippen molar-refractivity contribution in [2.75, 3.05) is 0 Å². The predicted molar refractivity (Wildman–Crippen MR) is 80.8 cm³/mol. The largest absolute Gasteiger partial charge is 0.489 e. The number of hydrogen-bond acceptors (Lipinski definition) is 4. The highest BCUT2D eigenvalue weighted by atomic mass is 79.9. The zero-order valence-corrected chi connectivity index (χ0v) is 13.5. The van der Waals surface area contributed by atoms with Gasteiger partial charge in [-0.05, 0) is 54.4 Å². The third-order valence-electron chi connectivity index (χ3n) is 2.57. The van der Waals surface area contributed by atoms with Crippen molar-refractivity contribution < 1.29 is 9.84 Å². The molecule has 1 unspecified atom stereocenters. The molecule has 0 aliphatic carbocycles. The van der Waals surface area contributed by atoms with Gasteiger partial charge in [-0.1, -0.05) is 0 Å². The number of aliphatic hydroxyl groups excluding tert-OH is 1. The molecular formula is C14H16BrNO2S. The summed E-state index contributed by atoms with van der Waals surface area (Å²) in [5, 5.41) is 10.4. The van der Waals surface area contributed by atoms with Crippen molar-refractivity contribution in [2.45, 2.75) is 33.0 Å². The standard InChI is InChI=1S/C14H16BrNO2S/c1-8(2)18-11-5-10(6-16-7-11)13(17)12-4-9(3)14(15)19-12/h4-8,13,17H,1-3H3. The molecule has 2 aromatic heterocycles. The average molecular weight is 342 g/mol. The maximum Gasteiger partial charge on any atom is 0.138 e. The molecule has 0 spiro atoms. The van der Waals surface area contributed by atoms with E-state index in [1.807, 2.05) is 32.9 Å². The minimum atomic E-state index is -0.668. The van der Waals surface area contributed by atoms with Gasteiger partial charge in [-0.2, -0.15) is 0 Å². The van der Waals surface area contributed by atoms with Crippen molar-refractivity contribution in [3.05, 3.63) is 44.3 Å². The van der Waals surface area contributed by atoms with Gasteiger partial charge in [0.15, 0.2) is 0 Å². The van der Waals surface area contributed by atoms with Gasteiger partial charge in [0.25, 0.3) is 0 Å². The fourth-order valence-electron chi connectivity index (χ4n) is 1.70. The van der Waals surface area contributed by atoms with Crippen LogP contribution in [0.2, 0.25) is 0 Å². The number of halogens is 1. The molecule has 102 valence electrons. The smallest absolute Gasteiger partial charge is 0.138 e. The lowest BCUT2D eigenvalue weighted by molar-refractivity contribution is 0.219.